The number of benzene rings is 2. The zero-order chi connectivity index (χ0) is 21.9. The number of nitrogens with one attached hydrogen (secondary N) is 2. The van der Waals surface area contributed by atoms with Crippen LogP contribution in [0.4, 0.5) is 22.7 Å². The van der Waals surface area contributed by atoms with Crippen LogP contribution in [-0.4, -0.2) is 29.4 Å². The zero-order valence-electron chi connectivity index (χ0n) is 16.5. The molecule has 0 aromatic heterocycles. The fraction of sp³-hybridized carbons (Fsp3) is 0.0526. The van der Waals surface area contributed by atoms with Crippen molar-refractivity contribution >= 4 is 44.4 Å². The van der Waals surface area contributed by atoms with Gasteiger partial charge in [0.05, 0.1) is 21.2 Å². The van der Waals surface area contributed by atoms with E-state index in [1.165, 1.54) is 12.2 Å². The predicted octanol–water partition coefficient (Wildman–Crippen LogP) is 0.0996. The van der Waals surface area contributed by atoms with Gasteiger partial charge in [0.15, 0.2) is 5.78 Å². The molecule has 2 N–H and O–H groups in total. The van der Waals surface area contributed by atoms with Gasteiger partial charge >= 0.3 is 29.6 Å². The first-order valence-electron chi connectivity index (χ1n) is 8.49. The third-order valence-corrected chi connectivity index (χ3v) is 4.92. The fourth-order valence-electron chi connectivity index (χ4n) is 2.59. The van der Waals surface area contributed by atoms with Crippen molar-refractivity contribution in [3.63, 3.8) is 0 Å². The summed E-state index contributed by atoms with van der Waals surface area (Å²) in [5.74, 6) is -0.100. The molecule has 0 unspecified atom stereocenters. The Balaban J connectivity index is 0.00000341. The molecule has 0 saturated carbocycles. The van der Waals surface area contributed by atoms with E-state index in [9.17, 15) is 27.9 Å². The Bertz CT molecular complexity index is 1220. The summed E-state index contributed by atoms with van der Waals surface area (Å²) in [5, 5.41) is 18.3. The van der Waals surface area contributed by atoms with Crippen LogP contribution in [0.2, 0.25) is 0 Å². The van der Waals surface area contributed by atoms with Crippen LogP contribution in [0.15, 0.2) is 76.3 Å². The van der Waals surface area contributed by atoms with Crippen molar-refractivity contribution in [2.24, 2.45) is 5.10 Å². The number of anilines is 3. The number of carbonyl (C=O) groups excluding carboxylic acids is 1. The summed E-state index contributed by atoms with van der Waals surface area (Å²) in [6.45, 7) is 1.77. The van der Waals surface area contributed by atoms with Gasteiger partial charge in [0.25, 0.3) is 5.69 Å². The molecule has 1 aliphatic rings. The first kappa shape index (κ1) is 24.4. The summed E-state index contributed by atoms with van der Waals surface area (Å²) in [6, 6.07) is 9.49. The van der Waals surface area contributed by atoms with Gasteiger partial charge in [-0.25, -0.2) is 8.42 Å². The summed E-state index contributed by atoms with van der Waals surface area (Å²) < 4.78 is 33.3. The van der Waals surface area contributed by atoms with Crippen molar-refractivity contribution < 1.29 is 52.2 Å². The van der Waals surface area contributed by atoms with Crippen LogP contribution in [0.1, 0.15) is 6.92 Å². The van der Waals surface area contributed by atoms with Crippen LogP contribution in [0, 0.1) is 10.1 Å². The van der Waals surface area contributed by atoms with Crippen molar-refractivity contribution in [2.45, 2.75) is 11.8 Å². The van der Waals surface area contributed by atoms with Gasteiger partial charge < -0.3 is 9.87 Å². The second-order valence-electron chi connectivity index (χ2n) is 6.26. The van der Waals surface area contributed by atoms with E-state index in [1.54, 1.807) is 37.3 Å². The van der Waals surface area contributed by atoms with E-state index in [4.69, 9.17) is 0 Å². The summed E-state index contributed by atoms with van der Waals surface area (Å²) in [6.07, 6.45) is 4.49. The van der Waals surface area contributed by atoms with E-state index < -0.39 is 25.6 Å². The second-order valence-corrected chi connectivity index (χ2v) is 7.64. The maximum atomic E-state index is 11.3. The van der Waals surface area contributed by atoms with E-state index in [2.05, 4.69) is 15.8 Å². The quantitative estimate of drug-likeness (QED) is 0.207. The molecule has 0 aliphatic heterocycles. The second kappa shape index (κ2) is 9.98. The monoisotopic (exact) mass is 450 g/mol. The Hall–Kier alpha value is -2.83. The Morgan fingerprint density at radius 1 is 1.03 bits per heavy atom. The molecule has 154 valence electrons. The van der Waals surface area contributed by atoms with Crippen LogP contribution in [0.25, 0.3) is 0 Å². The minimum atomic E-state index is -4.81. The molecular weight excluding hydrogens is 435 g/mol. The summed E-state index contributed by atoms with van der Waals surface area (Å²) in [5.41, 5.74) is 4.81. The SMILES string of the molecule is CC1=CC(=O)C=C/C1=N\Nc1ccc(Nc2ccc(S(=O)(=O)[O-])cc2[N+](=O)[O-])cc1.[Na+]. The topological polar surface area (TPSA) is 154 Å². The van der Waals surface area contributed by atoms with Gasteiger partial charge in [-0.3, -0.25) is 20.3 Å². The maximum Gasteiger partial charge on any atom is 1.00 e. The van der Waals surface area contributed by atoms with Gasteiger partial charge in [-0.15, -0.1) is 0 Å². The van der Waals surface area contributed by atoms with Gasteiger partial charge in [0, 0.05) is 11.8 Å². The molecule has 10 nitrogen and oxygen atoms in total. The van der Waals surface area contributed by atoms with E-state index in [-0.39, 0.29) is 41.0 Å². The molecule has 0 saturated heterocycles. The summed E-state index contributed by atoms with van der Waals surface area (Å²) in [4.78, 5) is 21.1. The maximum absolute atomic E-state index is 11.3. The average Bonchev–Trinajstić information content (AvgIpc) is 2.68. The number of hydrogen-bond donors (Lipinski definition) is 2. The number of nitro benzene ring substituents is 1. The van der Waals surface area contributed by atoms with Gasteiger partial charge in [-0.2, -0.15) is 5.10 Å². The molecule has 3 rings (SSSR count). The number of hydrazone groups is 1. The molecule has 2 aromatic carbocycles. The third-order valence-electron chi connectivity index (χ3n) is 4.09. The molecular formula is C19H15N4NaO6S. The molecule has 2 aromatic rings. The molecule has 31 heavy (non-hydrogen) atoms. The van der Waals surface area contributed by atoms with Crippen LogP contribution < -0.4 is 40.3 Å². The minimum Gasteiger partial charge on any atom is -0.744 e. The normalized spacial score (nSPS) is 14.6. The van der Waals surface area contributed by atoms with Crippen LogP contribution in [0.5, 0.6) is 0 Å². The smallest absolute Gasteiger partial charge is 0.744 e. The molecule has 0 bridgehead atoms. The number of ketones is 1. The van der Waals surface area contributed by atoms with Crippen molar-refractivity contribution in [3.8, 4) is 0 Å². The minimum absolute atomic E-state index is 0. The third kappa shape index (κ3) is 6.32. The summed E-state index contributed by atoms with van der Waals surface area (Å²) >= 11 is 0. The van der Waals surface area contributed by atoms with Gasteiger partial charge in [0.2, 0.25) is 0 Å². The Morgan fingerprint density at radius 3 is 2.26 bits per heavy atom. The molecule has 0 radical (unpaired) electrons. The molecule has 0 atom stereocenters. The van der Waals surface area contributed by atoms with Crippen molar-refractivity contribution in [3.05, 3.63) is 76.4 Å². The molecule has 0 spiro atoms. The largest absolute Gasteiger partial charge is 1.00 e. The Kier molecular flexibility index (Phi) is 7.87. The Morgan fingerprint density at radius 2 is 1.68 bits per heavy atom. The van der Waals surface area contributed by atoms with Crippen molar-refractivity contribution in [1.82, 2.24) is 0 Å². The zero-order valence-corrected chi connectivity index (χ0v) is 19.3. The first-order chi connectivity index (χ1) is 14.1. The van der Waals surface area contributed by atoms with E-state index in [0.29, 0.717) is 17.1 Å². The summed E-state index contributed by atoms with van der Waals surface area (Å²) in [7, 11) is -4.81. The van der Waals surface area contributed by atoms with E-state index in [0.717, 1.165) is 23.8 Å². The van der Waals surface area contributed by atoms with Gasteiger partial charge in [0.1, 0.15) is 15.8 Å². The number of nitrogens with zero attached hydrogens (tertiary/aromatic N) is 2. The molecule has 0 amide bonds. The fourth-order valence-corrected chi connectivity index (χ4v) is 3.08. The average molecular weight is 450 g/mol. The number of nitro groups is 1. The van der Waals surface area contributed by atoms with Crippen LogP contribution in [0.3, 0.4) is 0 Å². The number of carbonyl (C=O) groups is 1. The van der Waals surface area contributed by atoms with Crippen LogP contribution in [-0.2, 0) is 14.9 Å². The standard InChI is InChI=1S/C19H16N4O6S.Na/c1-12-10-15(24)6-8-17(12)22-21-14-4-2-13(3-5-14)20-18-9-7-16(30(27,28)29)11-19(18)23(25)26;/h2-11,20-21H,1H3,(H,27,28,29);/q;+1/p-1/b22-17+;. The van der Waals surface area contributed by atoms with Crippen molar-refractivity contribution in [2.75, 3.05) is 10.7 Å². The number of hydrogen-bond acceptors (Lipinski definition) is 9. The number of rotatable bonds is 6. The van der Waals surface area contributed by atoms with Crippen molar-refractivity contribution in [1.29, 1.82) is 0 Å². The predicted molar refractivity (Wildman–Crippen MR) is 110 cm³/mol. The van der Waals surface area contributed by atoms with E-state index >= 15 is 0 Å². The molecule has 12 heteroatoms. The first-order valence-corrected chi connectivity index (χ1v) is 9.90. The molecule has 1 aliphatic carbocycles. The Labute approximate surface area is 199 Å². The van der Waals surface area contributed by atoms with Gasteiger partial charge in [-0.1, -0.05) is 0 Å². The van der Waals surface area contributed by atoms with Gasteiger partial charge in [-0.05, 0) is 67.1 Å². The number of allylic oxidation sites excluding steroid dienone is 4. The van der Waals surface area contributed by atoms with Crippen LogP contribution >= 0.6 is 0 Å². The molecule has 0 fully saturated rings. The van der Waals surface area contributed by atoms with E-state index in [1.807, 2.05) is 0 Å². The molecule has 0 heterocycles.